The van der Waals surface area contributed by atoms with E-state index < -0.39 is 0 Å². The highest BCUT2D eigenvalue weighted by atomic mass is 32.2. The van der Waals surface area contributed by atoms with Gasteiger partial charge in [0.2, 0.25) is 5.91 Å². The van der Waals surface area contributed by atoms with Crippen LogP contribution < -0.4 is 15.8 Å². The molecule has 0 spiro atoms. The van der Waals surface area contributed by atoms with Crippen molar-refractivity contribution in [3.05, 3.63) is 18.2 Å². The van der Waals surface area contributed by atoms with Gasteiger partial charge >= 0.3 is 0 Å². The fourth-order valence-electron chi connectivity index (χ4n) is 2.51. The number of hydrogen-bond donors (Lipinski definition) is 2. The van der Waals surface area contributed by atoms with Crippen LogP contribution in [0.4, 0.5) is 11.4 Å². The summed E-state index contributed by atoms with van der Waals surface area (Å²) in [5.74, 6) is 2.71. The predicted molar refractivity (Wildman–Crippen MR) is 89.0 cm³/mol. The second kappa shape index (κ2) is 7.04. The molecule has 5 nitrogen and oxygen atoms in total. The van der Waals surface area contributed by atoms with E-state index in [0.29, 0.717) is 23.2 Å². The number of thioether (sulfide) groups is 1. The third-order valence-electron chi connectivity index (χ3n) is 3.78. The number of benzene rings is 1. The van der Waals surface area contributed by atoms with E-state index in [0.717, 1.165) is 18.1 Å². The van der Waals surface area contributed by atoms with E-state index in [-0.39, 0.29) is 11.9 Å². The number of nitrogen functional groups attached to an aromatic ring is 1. The highest BCUT2D eigenvalue weighted by Crippen LogP contribution is 2.27. The van der Waals surface area contributed by atoms with Crippen LogP contribution in [0.25, 0.3) is 0 Å². The Hall–Kier alpha value is -1.40. The molecule has 0 aromatic heterocycles. The van der Waals surface area contributed by atoms with Crippen molar-refractivity contribution >= 4 is 29.0 Å². The molecule has 1 fully saturated rings. The molecule has 0 radical (unpaired) electrons. The minimum atomic E-state index is -0.164. The van der Waals surface area contributed by atoms with Crippen LogP contribution in [0.3, 0.4) is 0 Å². The highest BCUT2D eigenvalue weighted by Gasteiger charge is 2.28. The van der Waals surface area contributed by atoms with E-state index in [1.165, 1.54) is 0 Å². The molecule has 3 N–H and O–H groups in total. The molecule has 1 saturated heterocycles. The Balaban J connectivity index is 2.06. The van der Waals surface area contributed by atoms with Crippen molar-refractivity contribution in [2.75, 3.05) is 36.2 Å². The fraction of sp³-hybridized carbons (Fsp3) is 0.533. The van der Waals surface area contributed by atoms with E-state index in [2.05, 4.69) is 17.1 Å². The maximum absolute atomic E-state index is 12.5. The summed E-state index contributed by atoms with van der Waals surface area (Å²) in [6, 6.07) is 5.48. The lowest BCUT2D eigenvalue weighted by molar-refractivity contribution is -0.121. The van der Waals surface area contributed by atoms with Crippen LogP contribution in [0.5, 0.6) is 5.75 Å². The zero-order valence-electron chi connectivity index (χ0n) is 12.8. The summed E-state index contributed by atoms with van der Waals surface area (Å²) in [7, 11) is 1.57. The zero-order chi connectivity index (χ0) is 15.4. The van der Waals surface area contributed by atoms with Gasteiger partial charge in [-0.25, -0.2) is 0 Å². The van der Waals surface area contributed by atoms with Gasteiger partial charge in [-0.05, 0) is 26.0 Å². The number of anilines is 2. The average molecular weight is 309 g/mol. The molecule has 0 saturated carbocycles. The molecule has 21 heavy (non-hydrogen) atoms. The van der Waals surface area contributed by atoms with Crippen molar-refractivity contribution in [3.8, 4) is 5.75 Å². The van der Waals surface area contributed by atoms with E-state index in [9.17, 15) is 4.79 Å². The maximum atomic E-state index is 12.5. The number of nitrogens with one attached hydrogen (secondary N) is 1. The molecule has 0 aliphatic carbocycles. The number of rotatable bonds is 4. The maximum Gasteiger partial charge on any atom is 0.241 e. The van der Waals surface area contributed by atoms with Crippen molar-refractivity contribution in [3.63, 3.8) is 0 Å². The Kier molecular flexibility index (Phi) is 5.36. The number of ether oxygens (including phenoxy) is 1. The smallest absolute Gasteiger partial charge is 0.241 e. The van der Waals surface area contributed by atoms with Crippen molar-refractivity contribution in [1.82, 2.24) is 4.90 Å². The van der Waals surface area contributed by atoms with Crippen LogP contribution >= 0.6 is 11.8 Å². The lowest BCUT2D eigenvalue weighted by atomic mass is 10.2. The van der Waals surface area contributed by atoms with Gasteiger partial charge in [0.05, 0.1) is 18.8 Å². The van der Waals surface area contributed by atoms with Crippen LogP contribution in [0.15, 0.2) is 18.2 Å². The molecular weight excluding hydrogens is 286 g/mol. The molecule has 1 aliphatic heterocycles. The number of methoxy groups -OCH3 is 1. The van der Waals surface area contributed by atoms with Crippen LogP contribution in [0.1, 0.15) is 13.8 Å². The number of amides is 1. The molecule has 2 atom stereocenters. The summed E-state index contributed by atoms with van der Waals surface area (Å²) in [5, 5.41) is 2.94. The van der Waals surface area contributed by atoms with Crippen LogP contribution in [0, 0.1) is 0 Å². The lowest BCUT2D eigenvalue weighted by Crippen LogP contribution is -2.50. The standard InChI is InChI=1S/C15H23N3O2S/c1-10-9-21-7-6-18(10)11(2)15(19)17-13-5-4-12(16)8-14(13)20-3/h4-5,8,10-11H,6-7,9,16H2,1-3H3,(H,17,19). The summed E-state index contributed by atoms with van der Waals surface area (Å²) >= 11 is 1.94. The van der Waals surface area contributed by atoms with Crippen molar-refractivity contribution < 1.29 is 9.53 Å². The van der Waals surface area contributed by atoms with Gasteiger partial charge in [-0.15, -0.1) is 0 Å². The molecule has 1 aliphatic rings. The number of carbonyl (C=O) groups excluding carboxylic acids is 1. The summed E-state index contributed by atoms with van der Waals surface area (Å²) in [5.41, 5.74) is 6.99. The van der Waals surface area contributed by atoms with Gasteiger partial charge < -0.3 is 15.8 Å². The van der Waals surface area contributed by atoms with E-state index in [1.807, 2.05) is 18.7 Å². The molecular formula is C15H23N3O2S. The first-order chi connectivity index (χ1) is 10.0. The quantitative estimate of drug-likeness (QED) is 0.833. The number of nitrogens with two attached hydrogens (primary N) is 1. The third kappa shape index (κ3) is 3.83. The second-order valence-electron chi connectivity index (χ2n) is 5.29. The van der Waals surface area contributed by atoms with E-state index in [4.69, 9.17) is 10.5 Å². The predicted octanol–water partition coefficient (Wildman–Crippen LogP) is 2.04. The van der Waals surface area contributed by atoms with Crippen molar-refractivity contribution in [1.29, 1.82) is 0 Å². The minimum absolute atomic E-state index is 0.0168. The normalized spacial score (nSPS) is 20.8. The first kappa shape index (κ1) is 16.0. The molecule has 1 amide bonds. The molecule has 6 heteroatoms. The average Bonchev–Trinajstić information content (AvgIpc) is 2.48. The number of carbonyl (C=O) groups is 1. The van der Waals surface area contributed by atoms with Crippen molar-refractivity contribution in [2.24, 2.45) is 0 Å². The Morgan fingerprint density at radius 2 is 2.33 bits per heavy atom. The molecule has 1 aromatic carbocycles. The van der Waals surface area contributed by atoms with Crippen LogP contribution in [-0.4, -0.2) is 48.1 Å². The summed E-state index contributed by atoms with van der Waals surface area (Å²) < 4.78 is 5.26. The van der Waals surface area contributed by atoms with E-state index >= 15 is 0 Å². The molecule has 2 unspecified atom stereocenters. The summed E-state index contributed by atoms with van der Waals surface area (Å²) in [6.07, 6.45) is 0. The molecule has 1 aromatic rings. The van der Waals surface area contributed by atoms with Gasteiger partial charge in [-0.3, -0.25) is 9.69 Å². The van der Waals surface area contributed by atoms with Gasteiger partial charge in [0.1, 0.15) is 5.75 Å². The third-order valence-corrected chi connectivity index (χ3v) is 4.97. The SMILES string of the molecule is COc1cc(N)ccc1NC(=O)C(C)N1CCSCC1C. The summed E-state index contributed by atoms with van der Waals surface area (Å²) in [6.45, 7) is 5.06. The molecule has 1 heterocycles. The van der Waals surface area contributed by atoms with Crippen LogP contribution in [-0.2, 0) is 4.79 Å². The minimum Gasteiger partial charge on any atom is -0.494 e. The first-order valence-corrected chi connectivity index (χ1v) is 8.26. The Bertz CT molecular complexity index is 510. The summed E-state index contributed by atoms with van der Waals surface area (Å²) in [4.78, 5) is 14.7. The Morgan fingerprint density at radius 1 is 1.57 bits per heavy atom. The number of nitrogens with zero attached hydrogens (tertiary/aromatic N) is 1. The fourth-order valence-corrected chi connectivity index (χ4v) is 3.55. The van der Waals surface area contributed by atoms with E-state index in [1.54, 1.807) is 25.3 Å². The molecule has 0 bridgehead atoms. The Morgan fingerprint density at radius 3 is 3.00 bits per heavy atom. The van der Waals surface area contributed by atoms with Gasteiger partial charge in [-0.1, -0.05) is 0 Å². The monoisotopic (exact) mass is 309 g/mol. The zero-order valence-corrected chi connectivity index (χ0v) is 13.6. The molecule has 2 rings (SSSR count). The van der Waals surface area contributed by atoms with Gasteiger partial charge in [0.25, 0.3) is 0 Å². The Labute approximate surface area is 130 Å². The van der Waals surface area contributed by atoms with Crippen LogP contribution in [0.2, 0.25) is 0 Å². The first-order valence-electron chi connectivity index (χ1n) is 7.10. The topological polar surface area (TPSA) is 67.6 Å². The van der Waals surface area contributed by atoms with Gasteiger partial charge in [-0.2, -0.15) is 11.8 Å². The number of hydrogen-bond acceptors (Lipinski definition) is 5. The van der Waals surface area contributed by atoms with Gasteiger partial charge in [0.15, 0.2) is 0 Å². The lowest BCUT2D eigenvalue weighted by Gasteiger charge is -2.36. The van der Waals surface area contributed by atoms with Crippen molar-refractivity contribution in [2.45, 2.75) is 25.9 Å². The second-order valence-corrected chi connectivity index (χ2v) is 6.44. The van der Waals surface area contributed by atoms with Gasteiger partial charge in [0, 0.05) is 35.8 Å². The molecule has 116 valence electrons. The highest BCUT2D eigenvalue weighted by molar-refractivity contribution is 7.99. The largest absolute Gasteiger partial charge is 0.494 e.